The van der Waals surface area contributed by atoms with E-state index in [2.05, 4.69) is 15.5 Å². The van der Waals surface area contributed by atoms with Gasteiger partial charge in [-0.3, -0.25) is 4.79 Å². The van der Waals surface area contributed by atoms with Gasteiger partial charge in [-0.15, -0.1) is 0 Å². The van der Waals surface area contributed by atoms with E-state index in [4.69, 9.17) is 20.4 Å². The summed E-state index contributed by atoms with van der Waals surface area (Å²) >= 11 is 6.08. The summed E-state index contributed by atoms with van der Waals surface area (Å²) in [6.45, 7) is 7.03. The molecule has 2 aromatic rings. The molecule has 0 bridgehead atoms. The molecule has 9 heteroatoms. The van der Waals surface area contributed by atoms with Crippen LogP contribution in [0.2, 0.25) is 5.02 Å². The first kappa shape index (κ1) is 19.0. The highest BCUT2D eigenvalue weighted by Gasteiger charge is 2.21. The number of benzene rings is 1. The Morgan fingerprint density at radius 2 is 1.76 bits per heavy atom. The second-order valence-corrected chi connectivity index (χ2v) is 5.66. The van der Waals surface area contributed by atoms with Gasteiger partial charge in [0.1, 0.15) is 0 Å². The van der Waals surface area contributed by atoms with Crippen LogP contribution < -0.4 is 21.9 Å². The number of hydrogen-bond acceptors (Lipinski definition) is 7. The standard InChI is InChI=1S/C16H20ClN3O5/c1-4-20(5-2)7-6-19-14(21)9-8-10(17)12-13(11(9)18-3)25-16(23)15(22)24-12/h8,18H,4-7H2,1-3H3,(H,19,21). The third-order valence-corrected chi connectivity index (χ3v) is 4.13. The Labute approximate surface area is 148 Å². The van der Waals surface area contributed by atoms with E-state index >= 15 is 0 Å². The Bertz CT molecular complexity index is 886. The Kier molecular flexibility index (Phi) is 6.22. The highest BCUT2D eigenvalue weighted by atomic mass is 35.5. The van der Waals surface area contributed by atoms with E-state index in [1.54, 1.807) is 7.05 Å². The van der Waals surface area contributed by atoms with E-state index in [0.29, 0.717) is 13.1 Å². The summed E-state index contributed by atoms with van der Waals surface area (Å²) in [6.07, 6.45) is 0. The molecule has 1 amide bonds. The molecular formula is C16H20ClN3O5. The van der Waals surface area contributed by atoms with Crippen molar-refractivity contribution in [1.29, 1.82) is 0 Å². The molecule has 0 aliphatic carbocycles. The van der Waals surface area contributed by atoms with Gasteiger partial charge in [-0.05, 0) is 19.2 Å². The van der Waals surface area contributed by atoms with Crippen molar-refractivity contribution in [2.24, 2.45) is 0 Å². The van der Waals surface area contributed by atoms with Gasteiger partial charge in [0.2, 0.25) is 0 Å². The summed E-state index contributed by atoms with van der Waals surface area (Å²) in [5.41, 5.74) is -2.08. The lowest BCUT2D eigenvalue weighted by Gasteiger charge is -2.18. The third-order valence-electron chi connectivity index (χ3n) is 3.85. The number of amides is 1. The Morgan fingerprint density at radius 3 is 2.32 bits per heavy atom. The largest absolute Gasteiger partial charge is 0.423 e. The first-order chi connectivity index (χ1) is 11.9. The lowest BCUT2D eigenvalue weighted by atomic mass is 10.1. The Balaban J connectivity index is 2.37. The number of anilines is 1. The molecule has 0 atom stereocenters. The summed E-state index contributed by atoms with van der Waals surface area (Å²) in [7, 11) is 1.56. The van der Waals surface area contributed by atoms with Crippen LogP contribution in [0.4, 0.5) is 5.69 Å². The molecular weight excluding hydrogens is 350 g/mol. The molecule has 25 heavy (non-hydrogen) atoms. The smallest absolute Gasteiger partial charge is 0.412 e. The van der Waals surface area contributed by atoms with Crippen LogP contribution in [0.25, 0.3) is 11.2 Å². The number of carbonyl (C=O) groups is 1. The number of hydrogen-bond donors (Lipinski definition) is 2. The summed E-state index contributed by atoms with van der Waals surface area (Å²) in [6, 6.07) is 1.37. The van der Waals surface area contributed by atoms with Crippen LogP contribution in [0.1, 0.15) is 24.2 Å². The second-order valence-electron chi connectivity index (χ2n) is 5.25. The zero-order valence-electron chi connectivity index (χ0n) is 14.3. The first-order valence-electron chi connectivity index (χ1n) is 7.91. The molecule has 0 saturated carbocycles. The van der Waals surface area contributed by atoms with E-state index in [1.807, 2.05) is 13.8 Å². The van der Waals surface area contributed by atoms with Crippen molar-refractivity contribution in [1.82, 2.24) is 10.2 Å². The van der Waals surface area contributed by atoms with E-state index in [-0.39, 0.29) is 33.3 Å². The molecule has 0 aliphatic heterocycles. The monoisotopic (exact) mass is 369 g/mol. The van der Waals surface area contributed by atoms with E-state index < -0.39 is 11.3 Å². The topological polar surface area (TPSA) is 105 Å². The van der Waals surface area contributed by atoms with E-state index in [0.717, 1.165) is 13.1 Å². The molecule has 0 fully saturated rings. The minimum absolute atomic E-state index is 0.00347. The Hall–Kier alpha value is -2.32. The van der Waals surface area contributed by atoms with Crippen LogP contribution in [-0.4, -0.2) is 44.0 Å². The van der Waals surface area contributed by atoms with Crippen molar-refractivity contribution in [3.63, 3.8) is 0 Å². The summed E-state index contributed by atoms with van der Waals surface area (Å²) < 4.78 is 9.84. The van der Waals surface area contributed by atoms with Gasteiger partial charge in [0.25, 0.3) is 5.91 Å². The fourth-order valence-corrected chi connectivity index (χ4v) is 2.69. The number of carbonyl (C=O) groups excluding carboxylic acids is 1. The molecule has 1 heterocycles. The molecule has 1 aromatic heterocycles. The minimum atomic E-state index is -1.17. The van der Waals surface area contributed by atoms with E-state index in [9.17, 15) is 14.4 Å². The average molecular weight is 370 g/mol. The van der Waals surface area contributed by atoms with Crippen LogP contribution in [0.15, 0.2) is 24.5 Å². The number of halogens is 1. The number of fused-ring (bicyclic) bond motifs is 1. The van der Waals surface area contributed by atoms with Crippen LogP contribution >= 0.6 is 11.6 Å². The lowest BCUT2D eigenvalue weighted by Crippen LogP contribution is -2.35. The van der Waals surface area contributed by atoms with Crippen LogP contribution in [0.3, 0.4) is 0 Å². The van der Waals surface area contributed by atoms with Gasteiger partial charge in [0.15, 0.2) is 11.2 Å². The van der Waals surface area contributed by atoms with E-state index in [1.165, 1.54) is 6.07 Å². The number of nitrogens with zero attached hydrogens (tertiary/aromatic N) is 1. The summed E-state index contributed by atoms with van der Waals surface area (Å²) in [4.78, 5) is 37.4. The van der Waals surface area contributed by atoms with Gasteiger partial charge in [-0.2, -0.15) is 0 Å². The first-order valence-corrected chi connectivity index (χ1v) is 8.29. The molecule has 2 N–H and O–H groups in total. The van der Waals surface area contributed by atoms with Crippen molar-refractivity contribution >= 4 is 34.4 Å². The van der Waals surface area contributed by atoms with Crippen LogP contribution in [0.5, 0.6) is 0 Å². The predicted molar refractivity (Wildman–Crippen MR) is 95.7 cm³/mol. The van der Waals surface area contributed by atoms with Gasteiger partial charge in [-0.25, -0.2) is 9.59 Å². The SMILES string of the molecule is CCN(CC)CCNC(=O)c1cc(Cl)c2oc(=O)c(=O)oc2c1NC. The summed E-state index contributed by atoms with van der Waals surface area (Å²) in [5.74, 6) is -0.380. The molecule has 0 aliphatic rings. The van der Waals surface area contributed by atoms with Crippen molar-refractivity contribution in [3.05, 3.63) is 37.5 Å². The Morgan fingerprint density at radius 1 is 1.16 bits per heavy atom. The third kappa shape index (κ3) is 4.02. The van der Waals surface area contributed by atoms with Crippen molar-refractivity contribution < 1.29 is 13.6 Å². The van der Waals surface area contributed by atoms with Gasteiger partial charge in [-0.1, -0.05) is 25.4 Å². The average Bonchev–Trinajstić information content (AvgIpc) is 2.60. The predicted octanol–water partition coefficient (Wildman–Crippen LogP) is 1.51. The van der Waals surface area contributed by atoms with Crippen molar-refractivity contribution in [2.75, 3.05) is 38.5 Å². The number of nitrogens with one attached hydrogen (secondary N) is 2. The van der Waals surface area contributed by atoms with Crippen LogP contribution in [0, 0.1) is 0 Å². The molecule has 2 rings (SSSR count). The highest BCUT2D eigenvalue weighted by Crippen LogP contribution is 2.31. The number of likely N-dealkylation sites (N-methyl/N-ethyl adjacent to an activating group) is 1. The second kappa shape index (κ2) is 8.17. The van der Waals surface area contributed by atoms with Crippen molar-refractivity contribution in [3.8, 4) is 0 Å². The maximum absolute atomic E-state index is 12.5. The molecule has 136 valence electrons. The summed E-state index contributed by atoms with van der Waals surface area (Å²) in [5, 5.41) is 5.59. The van der Waals surface area contributed by atoms with Crippen molar-refractivity contribution in [2.45, 2.75) is 13.8 Å². The fourth-order valence-electron chi connectivity index (χ4n) is 2.46. The zero-order chi connectivity index (χ0) is 18.6. The maximum Gasteiger partial charge on any atom is 0.423 e. The van der Waals surface area contributed by atoms with Gasteiger partial charge in [0, 0.05) is 20.1 Å². The quantitative estimate of drug-likeness (QED) is 0.713. The molecule has 1 aromatic carbocycles. The molecule has 0 unspecified atom stereocenters. The van der Waals surface area contributed by atoms with Crippen LogP contribution in [-0.2, 0) is 0 Å². The minimum Gasteiger partial charge on any atom is -0.412 e. The van der Waals surface area contributed by atoms with Gasteiger partial charge >= 0.3 is 11.3 Å². The normalized spacial score (nSPS) is 11.1. The lowest BCUT2D eigenvalue weighted by molar-refractivity contribution is 0.0949. The maximum atomic E-state index is 12.5. The number of rotatable bonds is 7. The fraction of sp³-hybridized carbons (Fsp3) is 0.438. The van der Waals surface area contributed by atoms with Gasteiger partial charge < -0.3 is 24.4 Å². The molecule has 0 radical (unpaired) electrons. The van der Waals surface area contributed by atoms with Gasteiger partial charge in [0.05, 0.1) is 16.3 Å². The molecule has 0 saturated heterocycles. The molecule has 8 nitrogen and oxygen atoms in total. The molecule has 0 spiro atoms. The zero-order valence-corrected chi connectivity index (χ0v) is 15.0. The highest BCUT2D eigenvalue weighted by molar-refractivity contribution is 6.35.